The summed E-state index contributed by atoms with van der Waals surface area (Å²) in [5, 5.41) is 14.7. The number of aromatic amines is 2. The third-order valence-corrected chi connectivity index (χ3v) is 14.6. The van der Waals surface area contributed by atoms with E-state index in [-0.39, 0.29) is 41.8 Å². The lowest BCUT2D eigenvalue weighted by Crippen LogP contribution is -2.53. The second-order valence-electron chi connectivity index (χ2n) is 18.6. The third-order valence-electron chi connectivity index (χ3n) is 14.6. The standard InChI is InChI=1S/C48H56N8O8/c1-25(2)40(53-47(59)62-4)45(57)56-36-8-5-7-29(36)21-38(56)44-50-34-13-11-27-20-33-31-12-10-28(19-30(31)24-64-39(33)22-32(27)41(34)52-44)35-23-49-43(51-35)37-9-6-16-55(37)46(58)42(54(3)48(60)61)26-14-17-63-18-15-26/h10-13,19-20,22-23,25-26,29,36-38,40,42H,5-9,14-18,21,24H2,1-4H3,(H,49,51)(H,50,52)(H,53,59)(H,60,61)/t29-,36-,37?,38-,40-,42-/m0/s1. The first-order valence-corrected chi connectivity index (χ1v) is 22.8. The van der Waals surface area contributed by atoms with Gasteiger partial charge in [-0.3, -0.25) is 14.5 Å². The quantitative estimate of drug-likeness (QED) is 0.115. The summed E-state index contributed by atoms with van der Waals surface area (Å²) < 4.78 is 16.9. The molecule has 16 heteroatoms. The van der Waals surface area contributed by atoms with Gasteiger partial charge in [-0.1, -0.05) is 38.5 Å². The van der Waals surface area contributed by atoms with Crippen LogP contribution in [0, 0.1) is 17.8 Å². The van der Waals surface area contributed by atoms with Gasteiger partial charge in [0, 0.05) is 43.8 Å². The van der Waals surface area contributed by atoms with Crippen molar-refractivity contribution >= 4 is 45.8 Å². The Hall–Kier alpha value is -6.16. The van der Waals surface area contributed by atoms with Crippen LogP contribution in [0.25, 0.3) is 44.2 Å². The van der Waals surface area contributed by atoms with Crippen molar-refractivity contribution in [2.24, 2.45) is 17.8 Å². The van der Waals surface area contributed by atoms with Crippen molar-refractivity contribution in [3.8, 4) is 28.1 Å². The molecule has 336 valence electrons. The average molecular weight is 873 g/mol. The molecule has 3 aromatic carbocycles. The van der Waals surface area contributed by atoms with Gasteiger partial charge < -0.3 is 44.4 Å². The van der Waals surface area contributed by atoms with Crippen molar-refractivity contribution < 1.29 is 38.5 Å². The third kappa shape index (κ3) is 7.28. The average Bonchev–Trinajstić information content (AvgIpc) is 4.16. The fraction of sp³-hybridized carbons (Fsp3) is 0.500. The number of ether oxygens (including phenoxy) is 3. The molecule has 1 aliphatic carbocycles. The van der Waals surface area contributed by atoms with Crippen molar-refractivity contribution in [3.05, 3.63) is 65.9 Å². The van der Waals surface area contributed by atoms with Crippen molar-refractivity contribution in [2.75, 3.05) is 33.9 Å². The molecule has 1 unspecified atom stereocenters. The van der Waals surface area contributed by atoms with E-state index in [1.165, 1.54) is 19.1 Å². The van der Waals surface area contributed by atoms with Crippen LogP contribution in [0.1, 0.15) is 94.5 Å². The fourth-order valence-corrected chi connectivity index (χ4v) is 11.3. The van der Waals surface area contributed by atoms with Crippen molar-refractivity contribution in [2.45, 2.75) is 102 Å². The number of methoxy groups -OCH3 is 1. The van der Waals surface area contributed by atoms with Crippen LogP contribution < -0.4 is 10.1 Å². The summed E-state index contributed by atoms with van der Waals surface area (Å²) in [6, 6.07) is 12.8. The van der Waals surface area contributed by atoms with Gasteiger partial charge >= 0.3 is 12.2 Å². The van der Waals surface area contributed by atoms with E-state index in [1.54, 1.807) is 6.20 Å². The van der Waals surface area contributed by atoms with Crippen molar-refractivity contribution in [3.63, 3.8) is 0 Å². The lowest BCUT2D eigenvalue weighted by molar-refractivity contribution is -0.140. The first kappa shape index (κ1) is 41.8. The summed E-state index contributed by atoms with van der Waals surface area (Å²) in [6.45, 7) is 5.82. The maximum Gasteiger partial charge on any atom is 0.407 e. The number of H-pyrrole nitrogens is 2. The first-order valence-electron chi connectivity index (χ1n) is 22.8. The number of nitrogens with one attached hydrogen (secondary N) is 3. The summed E-state index contributed by atoms with van der Waals surface area (Å²) in [4.78, 5) is 74.9. The molecule has 6 heterocycles. The van der Waals surface area contributed by atoms with Gasteiger partial charge in [-0.15, -0.1) is 0 Å². The molecule has 3 saturated heterocycles. The molecule has 64 heavy (non-hydrogen) atoms. The Morgan fingerprint density at radius 3 is 2.55 bits per heavy atom. The molecule has 2 aromatic heterocycles. The number of hydrogen-bond donors (Lipinski definition) is 4. The van der Waals surface area contributed by atoms with E-state index in [4.69, 9.17) is 24.2 Å². The van der Waals surface area contributed by atoms with Crippen LogP contribution in [-0.2, 0) is 25.7 Å². The number of carbonyl (C=O) groups excluding carboxylic acids is 3. The van der Waals surface area contributed by atoms with E-state index in [2.05, 4.69) is 51.7 Å². The number of likely N-dealkylation sites (tertiary alicyclic amines) is 2. The van der Waals surface area contributed by atoms with E-state index in [9.17, 15) is 24.3 Å². The number of nitrogens with zero attached hydrogens (tertiary/aromatic N) is 5. The van der Waals surface area contributed by atoms with E-state index in [1.807, 2.05) is 29.7 Å². The van der Waals surface area contributed by atoms with Crippen LogP contribution >= 0.6 is 0 Å². The minimum atomic E-state index is -1.12. The van der Waals surface area contributed by atoms with E-state index in [0.717, 1.165) is 99.9 Å². The van der Waals surface area contributed by atoms with Crippen molar-refractivity contribution in [1.29, 1.82) is 0 Å². The number of imidazole rings is 2. The van der Waals surface area contributed by atoms with Gasteiger partial charge in [-0.05, 0) is 109 Å². The molecule has 5 aromatic rings. The first-order chi connectivity index (χ1) is 31.0. The summed E-state index contributed by atoms with van der Waals surface area (Å²) in [5.74, 6) is 2.09. The van der Waals surface area contributed by atoms with Gasteiger partial charge in [0.1, 0.15) is 36.1 Å². The number of fused-ring (bicyclic) bond motifs is 7. The van der Waals surface area contributed by atoms with Crippen molar-refractivity contribution in [1.82, 2.24) is 40.0 Å². The molecule has 0 radical (unpaired) electrons. The lowest BCUT2D eigenvalue weighted by Gasteiger charge is -2.37. The Kier molecular flexibility index (Phi) is 11.0. The highest BCUT2D eigenvalue weighted by molar-refractivity contribution is 6.07. The predicted octanol–water partition coefficient (Wildman–Crippen LogP) is 7.56. The van der Waals surface area contributed by atoms with Crippen LogP contribution in [0.4, 0.5) is 9.59 Å². The van der Waals surface area contributed by atoms with Gasteiger partial charge in [-0.2, -0.15) is 0 Å². The Morgan fingerprint density at radius 2 is 1.77 bits per heavy atom. The largest absolute Gasteiger partial charge is 0.488 e. The number of amides is 4. The van der Waals surface area contributed by atoms with E-state index >= 15 is 0 Å². The van der Waals surface area contributed by atoms with Gasteiger partial charge in [0.05, 0.1) is 42.1 Å². The Bertz CT molecular complexity index is 2630. The highest BCUT2D eigenvalue weighted by Crippen LogP contribution is 2.49. The van der Waals surface area contributed by atoms with E-state index in [0.29, 0.717) is 50.9 Å². The Morgan fingerprint density at radius 1 is 0.938 bits per heavy atom. The summed E-state index contributed by atoms with van der Waals surface area (Å²) in [7, 11) is 2.80. The topological polar surface area (TPSA) is 195 Å². The smallest absolute Gasteiger partial charge is 0.407 e. The van der Waals surface area contributed by atoms with Crippen LogP contribution in [-0.4, -0.2) is 116 Å². The Balaban J connectivity index is 0.904. The zero-order valence-electron chi connectivity index (χ0n) is 36.8. The maximum atomic E-state index is 14.3. The summed E-state index contributed by atoms with van der Waals surface area (Å²) in [6.07, 6.45) is 6.78. The van der Waals surface area contributed by atoms with Crippen LogP contribution in [0.15, 0.2) is 48.7 Å². The monoisotopic (exact) mass is 872 g/mol. The maximum absolute atomic E-state index is 14.3. The number of carboxylic acid groups (broad SMARTS) is 1. The highest BCUT2D eigenvalue weighted by Gasteiger charge is 2.49. The minimum Gasteiger partial charge on any atom is -0.488 e. The predicted molar refractivity (Wildman–Crippen MR) is 237 cm³/mol. The number of alkyl carbamates (subject to hydrolysis) is 1. The number of hydrogen-bond acceptors (Lipinski definition) is 9. The number of carbonyl (C=O) groups is 4. The molecule has 0 bridgehead atoms. The van der Waals surface area contributed by atoms with Gasteiger partial charge in [-0.25, -0.2) is 19.6 Å². The number of benzene rings is 3. The molecule has 4 amide bonds. The molecule has 16 nitrogen and oxygen atoms in total. The van der Waals surface area contributed by atoms with Gasteiger partial charge in [0.2, 0.25) is 11.8 Å². The lowest BCUT2D eigenvalue weighted by atomic mass is 9.89. The molecule has 6 atom stereocenters. The minimum absolute atomic E-state index is 0.0996. The molecule has 1 saturated carbocycles. The fourth-order valence-electron chi connectivity index (χ4n) is 11.3. The number of rotatable bonds is 9. The molecule has 4 N–H and O–H groups in total. The second kappa shape index (κ2) is 16.8. The molecule has 5 aliphatic rings. The highest BCUT2D eigenvalue weighted by atomic mass is 16.5. The Labute approximate surface area is 371 Å². The molecule has 4 fully saturated rings. The molecule has 0 spiro atoms. The summed E-state index contributed by atoms with van der Waals surface area (Å²) >= 11 is 0. The zero-order chi connectivity index (χ0) is 44.4. The van der Waals surface area contributed by atoms with Crippen LogP contribution in [0.2, 0.25) is 0 Å². The van der Waals surface area contributed by atoms with Crippen LogP contribution in [0.5, 0.6) is 5.75 Å². The molecule has 10 rings (SSSR count). The zero-order valence-corrected chi connectivity index (χ0v) is 36.8. The van der Waals surface area contributed by atoms with Gasteiger partial charge in [0.25, 0.3) is 0 Å². The normalized spacial score (nSPS) is 22.8. The number of likely N-dealkylation sites (N-methyl/N-ethyl adjacent to an activating group) is 1. The molecule has 4 aliphatic heterocycles. The summed E-state index contributed by atoms with van der Waals surface area (Å²) in [5.41, 5.74) is 6.60. The SMILES string of the molecule is COC(=O)N[C@H](C(=O)N1[C@H](c2nc3ccc4cc5c(cc4c3[nH]2)OCc2cc(-c3cnc(C4CCCN4C(=O)[C@H](C4CCOCC4)N(C)C(=O)O)[nH]3)ccc2-5)C[C@@H]2CCC[C@@H]21)C(C)C. The molecular weight excluding hydrogens is 817 g/mol. The van der Waals surface area contributed by atoms with Gasteiger partial charge in [0.15, 0.2) is 0 Å². The molecular formula is C48H56N8O8. The van der Waals surface area contributed by atoms with Crippen LogP contribution in [0.3, 0.4) is 0 Å². The second-order valence-corrected chi connectivity index (χ2v) is 18.6. The number of aromatic nitrogens is 4. The van der Waals surface area contributed by atoms with E-state index < -0.39 is 24.3 Å².